The van der Waals surface area contributed by atoms with E-state index in [1.165, 1.54) is 15.9 Å². The van der Waals surface area contributed by atoms with Gasteiger partial charge < -0.3 is 40.5 Å². The van der Waals surface area contributed by atoms with Crippen molar-refractivity contribution in [1.82, 2.24) is 30.3 Å². The molecule has 3 aliphatic rings. The van der Waals surface area contributed by atoms with E-state index in [1.54, 1.807) is 24.0 Å². The Morgan fingerprint density at radius 2 is 1.71 bits per heavy atom. The zero-order valence-electron chi connectivity index (χ0n) is 28.1. The molecule has 15 nitrogen and oxygen atoms in total. The fourth-order valence-corrected chi connectivity index (χ4v) is 6.27. The lowest BCUT2D eigenvalue weighted by atomic mass is 9.93. The van der Waals surface area contributed by atoms with Gasteiger partial charge >= 0.3 is 6.09 Å². The monoisotopic (exact) mass is 679 g/mol. The van der Waals surface area contributed by atoms with Crippen LogP contribution in [0.1, 0.15) is 67.9 Å². The number of fused-ring (bicyclic) bond motifs is 1. The molecule has 5 rings (SSSR count). The molecule has 3 heterocycles. The van der Waals surface area contributed by atoms with Crippen molar-refractivity contribution in [2.45, 2.75) is 76.9 Å². The molecule has 264 valence electrons. The third kappa shape index (κ3) is 8.75. The Morgan fingerprint density at radius 3 is 2.39 bits per heavy atom. The largest absolute Gasteiger partial charge is 0.483 e. The molecular weight excluding hydrogens is 634 g/mol. The zero-order valence-corrected chi connectivity index (χ0v) is 28.1. The van der Waals surface area contributed by atoms with Crippen molar-refractivity contribution in [1.29, 1.82) is 0 Å². The van der Waals surface area contributed by atoms with Gasteiger partial charge in [0.05, 0.1) is 12.1 Å². The summed E-state index contributed by atoms with van der Waals surface area (Å²) in [7, 11) is 0. The van der Waals surface area contributed by atoms with Crippen LogP contribution < -0.4 is 21.1 Å². The maximum absolute atomic E-state index is 13.7. The lowest BCUT2D eigenvalue weighted by molar-refractivity contribution is -0.140. The van der Waals surface area contributed by atoms with Crippen LogP contribution in [-0.2, 0) is 23.9 Å². The highest BCUT2D eigenvalue weighted by Crippen LogP contribution is 2.28. The molecule has 0 spiro atoms. The second-order valence-electron chi connectivity index (χ2n) is 12.7. The molecular formula is C34H45N7O8. The van der Waals surface area contributed by atoms with E-state index in [2.05, 4.69) is 15.6 Å². The van der Waals surface area contributed by atoms with E-state index in [1.807, 2.05) is 13.0 Å². The van der Waals surface area contributed by atoms with Gasteiger partial charge in [-0.1, -0.05) is 6.07 Å². The van der Waals surface area contributed by atoms with Gasteiger partial charge in [-0.2, -0.15) is 0 Å². The van der Waals surface area contributed by atoms with Crippen LogP contribution in [0.5, 0.6) is 5.75 Å². The predicted octanol–water partition coefficient (Wildman–Crippen LogP) is 1.25. The van der Waals surface area contributed by atoms with E-state index < -0.39 is 35.9 Å². The van der Waals surface area contributed by atoms with Gasteiger partial charge in [-0.25, -0.2) is 9.78 Å². The molecule has 2 aromatic rings. The Kier molecular flexibility index (Phi) is 11.5. The second-order valence-corrected chi connectivity index (χ2v) is 12.7. The molecule has 3 fully saturated rings. The number of hydrogen-bond donors (Lipinski definition) is 3. The Bertz CT molecular complexity index is 1590. The molecule has 0 bridgehead atoms. The van der Waals surface area contributed by atoms with Crippen molar-refractivity contribution in [3.8, 4) is 5.75 Å². The number of hydrogen-bond acceptors (Lipinski definition) is 9. The first kappa shape index (κ1) is 35.4. The Morgan fingerprint density at radius 1 is 0.980 bits per heavy atom. The number of carbonyl (C=O) groups is 6. The van der Waals surface area contributed by atoms with E-state index in [-0.39, 0.29) is 81.5 Å². The molecule has 1 saturated carbocycles. The maximum atomic E-state index is 13.7. The quantitative estimate of drug-likeness (QED) is 0.296. The number of likely N-dealkylation sites (tertiary alicyclic amines) is 1. The molecule has 49 heavy (non-hydrogen) atoms. The normalized spacial score (nSPS) is 18.4. The third-order valence-electron chi connectivity index (χ3n) is 9.24. The van der Waals surface area contributed by atoms with Gasteiger partial charge in [-0.05, 0) is 70.1 Å². The molecule has 15 heteroatoms. The molecule has 2 aliphatic heterocycles. The fourth-order valence-electron chi connectivity index (χ4n) is 6.27. The smallest absolute Gasteiger partial charge is 0.409 e. The first-order valence-electron chi connectivity index (χ1n) is 17.0. The first-order chi connectivity index (χ1) is 23.5. The molecule has 2 saturated heterocycles. The van der Waals surface area contributed by atoms with E-state index in [0.29, 0.717) is 30.3 Å². The van der Waals surface area contributed by atoms with Crippen molar-refractivity contribution < 1.29 is 38.2 Å². The number of ether oxygens (including phenoxy) is 2. The zero-order chi connectivity index (χ0) is 35.1. The standard InChI is InChI=1S/C34H45N7O8/c1-3-48-34(47)40-16-14-39(15-17-40)33(46)24(11-12-29(35)42)38-31(44)26-19-28(23-10-9-21(2)18-25(23)37-26)49-20-30(43)41-13-5-8-27(41)32(45)36-22-6-4-7-22/h9-10,18-19,22,24,27H,3-8,11-17,20H2,1-2H3,(H2,35,42)(H,36,45)(H,38,44). The number of piperazine rings is 1. The number of nitrogens with one attached hydrogen (secondary N) is 2. The number of nitrogens with zero attached hydrogens (tertiary/aromatic N) is 4. The van der Waals surface area contributed by atoms with Crippen LogP contribution in [0, 0.1) is 6.92 Å². The summed E-state index contributed by atoms with van der Waals surface area (Å²) in [6, 6.07) is 5.38. The highest BCUT2D eigenvalue weighted by atomic mass is 16.6. The summed E-state index contributed by atoms with van der Waals surface area (Å²) in [5, 5.41) is 6.34. The summed E-state index contributed by atoms with van der Waals surface area (Å²) >= 11 is 0. The van der Waals surface area contributed by atoms with Crippen molar-refractivity contribution in [2.75, 3.05) is 45.9 Å². The highest BCUT2D eigenvalue weighted by Gasteiger charge is 2.36. The van der Waals surface area contributed by atoms with Crippen LogP contribution in [0.15, 0.2) is 24.3 Å². The van der Waals surface area contributed by atoms with Gasteiger partial charge in [0.2, 0.25) is 17.7 Å². The average molecular weight is 680 g/mol. The summed E-state index contributed by atoms with van der Waals surface area (Å²) in [6.07, 6.45) is 3.66. The number of primary amides is 1. The predicted molar refractivity (Wildman–Crippen MR) is 177 cm³/mol. The minimum absolute atomic E-state index is 0.0339. The minimum atomic E-state index is -1.09. The number of aromatic nitrogens is 1. The number of benzene rings is 1. The number of amides is 6. The molecule has 1 aliphatic carbocycles. The topological polar surface area (TPSA) is 194 Å². The van der Waals surface area contributed by atoms with Crippen molar-refractivity contribution >= 4 is 46.5 Å². The maximum Gasteiger partial charge on any atom is 0.409 e. The first-order valence-corrected chi connectivity index (χ1v) is 17.0. The van der Waals surface area contributed by atoms with Crippen LogP contribution in [0.25, 0.3) is 10.9 Å². The lowest BCUT2D eigenvalue weighted by Crippen LogP contribution is -2.56. The minimum Gasteiger partial charge on any atom is -0.483 e. The number of pyridine rings is 1. The molecule has 4 N–H and O–H groups in total. The summed E-state index contributed by atoms with van der Waals surface area (Å²) in [5.74, 6) is -1.96. The Labute approximate surface area is 284 Å². The van der Waals surface area contributed by atoms with Gasteiger partial charge in [0.15, 0.2) is 6.61 Å². The van der Waals surface area contributed by atoms with Crippen LogP contribution >= 0.6 is 0 Å². The molecule has 1 aromatic carbocycles. The average Bonchev–Trinajstić information content (AvgIpc) is 3.57. The Hall–Kier alpha value is -4.95. The molecule has 2 unspecified atom stereocenters. The van der Waals surface area contributed by atoms with Crippen molar-refractivity contribution in [2.24, 2.45) is 5.73 Å². The SMILES string of the molecule is CCOC(=O)N1CCN(C(=O)C(CCC(N)=O)NC(=O)c2cc(OCC(=O)N3CCCC3C(=O)NC3CCC3)c3ccc(C)cc3n2)CC1. The number of rotatable bonds is 12. The van der Waals surface area contributed by atoms with Gasteiger partial charge in [-0.3, -0.25) is 24.0 Å². The second kappa shape index (κ2) is 16.0. The van der Waals surface area contributed by atoms with Crippen LogP contribution in [-0.4, -0.2) is 119 Å². The molecule has 0 radical (unpaired) electrons. The highest BCUT2D eigenvalue weighted by molar-refractivity contribution is 5.99. The van der Waals surface area contributed by atoms with E-state index in [4.69, 9.17) is 15.2 Å². The summed E-state index contributed by atoms with van der Waals surface area (Å²) in [4.78, 5) is 86.3. The van der Waals surface area contributed by atoms with Crippen molar-refractivity contribution in [3.05, 3.63) is 35.5 Å². The molecule has 1 aromatic heterocycles. The lowest BCUT2D eigenvalue weighted by Gasteiger charge is -2.36. The van der Waals surface area contributed by atoms with E-state index in [9.17, 15) is 28.8 Å². The number of nitrogens with two attached hydrogens (primary N) is 1. The van der Waals surface area contributed by atoms with Crippen LogP contribution in [0.2, 0.25) is 0 Å². The molecule has 2 atom stereocenters. The number of carbonyl (C=O) groups excluding carboxylic acids is 6. The van der Waals surface area contributed by atoms with Gasteiger partial charge in [-0.15, -0.1) is 0 Å². The van der Waals surface area contributed by atoms with Crippen molar-refractivity contribution in [3.63, 3.8) is 0 Å². The number of aryl methyl sites for hydroxylation is 1. The van der Waals surface area contributed by atoms with E-state index in [0.717, 1.165) is 24.8 Å². The van der Waals surface area contributed by atoms with Gasteiger partial charge in [0.25, 0.3) is 11.8 Å². The van der Waals surface area contributed by atoms with Gasteiger partial charge in [0, 0.05) is 56.6 Å². The van der Waals surface area contributed by atoms with Gasteiger partial charge in [0.1, 0.15) is 23.5 Å². The van der Waals surface area contributed by atoms with Crippen LogP contribution in [0.3, 0.4) is 0 Å². The summed E-state index contributed by atoms with van der Waals surface area (Å²) in [6.45, 7) is 4.90. The third-order valence-corrected chi connectivity index (χ3v) is 9.24. The summed E-state index contributed by atoms with van der Waals surface area (Å²) < 4.78 is 11.1. The fraction of sp³-hybridized carbons (Fsp3) is 0.559. The van der Waals surface area contributed by atoms with E-state index >= 15 is 0 Å². The molecule has 6 amide bonds. The summed E-state index contributed by atoms with van der Waals surface area (Å²) in [5.41, 5.74) is 6.66. The Balaban J connectivity index is 1.29. The van der Waals surface area contributed by atoms with Crippen LogP contribution in [0.4, 0.5) is 4.79 Å².